The van der Waals surface area contributed by atoms with Crippen LogP contribution < -0.4 is 10.1 Å². The number of rotatable bonds is 6. The minimum absolute atomic E-state index is 0.254. The molecule has 1 N–H and O–H groups in total. The van der Waals surface area contributed by atoms with Crippen LogP contribution in [0.5, 0.6) is 5.75 Å². The number of aromatic nitrogens is 2. The van der Waals surface area contributed by atoms with Crippen LogP contribution in [-0.4, -0.2) is 17.3 Å². The summed E-state index contributed by atoms with van der Waals surface area (Å²) >= 11 is 1.54. The Morgan fingerprint density at radius 2 is 2.15 bits per heavy atom. The zero-order chi connectivity index (χ0) is 14.5. The molecule has 20 heavy (non-hydrogen) atoms. The molecule has 4 nitrogen and oxygen atoms in total. The molecule has 0 atom stereocenters. The second-order valence-electron chi connectivity index (χ2n) is 4.92. The Hall–Kier alpha value is -1.69. The largest absolute Gasteiger partial charge is 0.494 e. The molecule has 0 spiro atoms. The lowest BCUT2D eigenvalue weighted by Gasteiger charge is -2.05. The van der Waals surface area contributed by atoms with E-state index in [2.05, 4.69) is 29.4 Å². The fraction of sp³-hybridized carbons (Fsp3) is 0.429. The molecule has 0 aliphatic carbocycles. The van der Waals surface area contributed by atoms with E-state index in [9.17, 15) is 4.39 Å². The number of benzene rings is 1. The Labute approximate surface area is 122 Å². The first-order valence-electron chi connectivity index (χ1n) is 6.47. The summed E-state index contributed by atoms with van der Waals surface area (Å²) in [6.45, 7) is 4.81. The zero-order valence-electron chi connectivity index (χ0n) is 11.8. The zero-order valence-corrected chi connectivity index (χ0v) is 12.6. The van der Waals surface area contributed by atoms with Crippen molar-refractivity contribution in [1.29, 1.82) is 0 Å². The fourth-order valence-corrected chi connectivity index (χ4v) is 2.70. The van der Waals surface area contributed by atoms with Crippen LogP contribution in [0.4, 0.5) is 9.52 Å². The molecular weight excluding hydrogens is 277 g/mol. The van der Waals surface area contributed by atoms with Gasteiger partial charge in [0.05, 0.1) is 7.11 Å². The monoisotopic (exact) mass is 295 g/mol. The summed E-state index contributed by atoms with van der Waals surface area (Å²) in [7, 11) is 1.45. The average Bonchev–Trinajstić information content (AvgIpc) is 2.83. The predicted molar refractivity (Wildman–Crippen MR) is 78.7 cm³/mol. The van der Waals surface area contributed by atoms with Crippen LogP contribution >= 0.6 is 11.3 Å². The summed E-state index contributed by atoms with van der Waals surface area (Å²) in [4.78, 5) is 0. The van der Waals surface area contributed by atoms with Gasteiger partial charge < -0.3 is 10.1 Å². The highest BCUT2D eigenvalue weighted by Gasteiger charge is 2.07. The van der Waals surface area contributed by atoms with Crippen molar-refractivity contribution in [1.82, 2.24) is 10.2 Å². The standard InChI is InChI=1S/C14H18FN3OS/c1-9(2)6-13-17-18-14(20-13)16-8-10-4-5-12(19-3)11(15)7-10/h4-5,7,9H,6,8H2,1-3H3,(H,16,18). The molecule has 108 valence electrons. The van der Waals surface area contributed by atoms with Gasteiger partial charge in [-0.15, -0.1) is 10.2 Å². The van der Waals surface area contributed by atoms with Crippen molar-refractivity contribution in [3.63, 3.8) is 0 Å². The van der Waals surface area contributed by atoms with Gasteiger partial charge in [-0.3, -0.25) is 0 Å². The molecule has 6 heteroatoms. The van der Waals surface area contributed by atoms with E-state index in [0.717, 1.165) is 22.1 Å². The van der Waals surface area contributed by atoms with Gasteiger partial charge in [0.1, 0.15) is 5.01 Å². The van der Waals surface area contributed by atoms with E-state index < -0.39 is 0 Å². The number of methoxy groups -OCH3 is 1. The van der Waals surface area contributed by atoms with Gasteiger partial charge in [0.25, 0.3) is 0 Å². The van der Waals surface area contributed by atoms with Gasteiger partial charge in [0.15, 0.2) is 11.6 Å². The minimum atomic E-state index is -0.357. The van der Waals surface area contributed by atoms with Crippen LogP contribution in [0.3, 0.4) is 0 Å². The minimum Gasteiger partial charge on any atom is -0.494 e. The lowest BCUT2D eigenvalue weighted by Crippen LogP contribution is -2.00. The molecule has 0 radical (unpaired) electrons. The second kappa shape index (κ2) is 6.65. The van der Waals surface area contributed by atoms with E-state index in [0.29, 0.717) is 12.5 Å². The molecule has 0 amide bonds. The maximum absolute atomic E-state index is 13.5. The van der Waals surface area contributed by atoms with Crippen molar-refractivity contribution in [2.24, 2.45) is 5.92 Å². The lowest BCUT2D eigenvalue weighted by molar-refractivity contribution is 0.386. The quantitative estimate of drug-likeness (QED) is 0.886. The number of halogens is 1. The van der Waals surface area contributed by atoms with Crippen molar-refractivity contribution < 1.29 is 9.13 Å². The highest BCUT2D eigenvalue weighted by atomic mass is 32.1. The number of anilines is 1. The van der Waals surface area contributed by atoms with E-state index >= 15 is 0 Å². The molecule has 1 aromatic carbocycles. The summed E-state index contributed by atoms with van der Waals surface area (Å²) in [6.07, 6.45) is 0.927. The Kier molecular flexibility index (Phi) is 4.89. The Morgan fingerprint density at radius 1 is 1.35 bits per heavy atom. The van der Waals surface area contributed by atoms with Crippen LogP contribution in [0.1, 0.15) is 24.4 Å². The first kappa shape index (κ1) is 14.7. The highest BCUT2D eigenvalue weighted by Crippen LogP contribution is 2.21. The normalized spacial score (nSPS) is 10.8. The Morgan fingerprint density at radius 3 is 2.80 bits per heavy atom. The highest BCUT2D eigenvalue weighted by molar-refractivity contribution is 7.15. The van der Waals surface area contributed by atoms with E-state index in [1.807, 2.05) is 6.07 Å². The van der Waals surface area contributed by atoms with Crippen LogP contribution in [0.25, 0.3) is 0 Å². The summed E-state index contributed by atoms with van der Waals surface area (Å²) in [6, 6.07) is 4.91. The molecule has 2 aromatic rings. The van der Waals surface area contributed by atoms with Crippen molar-refractivity contribution >= 4 is 16.5 Å². The van der Waals surface area contributed by atoms with Gasteiger partial charge in [-0.2, -0.15) is 0 Å². The number of nitrogens with one attached hydrogen (secondary N) is 1. The molecule has 1 heterocycles. The Balaban J connectivity index is 1.94. The van der Waals surface area contributed by atoms with Crippen LogP contribution in [0.15, 0.2) is 18.2 Å². The lowest BCUT2D eigenvalue weighted by atomic mass is 10.1. The maximum atomic E-state index is 13.5. The summed E-state index contributed by atoms with van der Waals surface area (Å²) < 4.78 is 18.4. The molecule has 0 saturated carbocycles. The van der Waals surface area contributed by atoms with Crippen molar-refractivity contribution in [2.75, 3.05) is 12.4 Å². The third-order valence-electron chi connectivity index (χ3n) is 2.71. The van der Waals surface area contributed by atoms with E-state index in [-0.39, 0.29) is 11.6 Å². The Bertz CT molecular complexity index is 571. The third kappa shape index (κ3) is 3.90. The summed E-state index contributed by atoms with van der Waals surface area (Å²) in [5.74, 6) is 0.458. The first-order valence-corrected chi connectivity index (χ1v) is 7.28. The third-order valence-corrected chi connectivity index (χ3v) is 3.61. The van der Waals surface area contributed by atoms with Crippen LogP contribution in [0.2, 0.25) is 0 Å². The summed E-state index contributed by atoms with van der Waals surface area (Å²) in [5, 5.41) is 13.1. The molecule has 0 fully saturated rings. The van der Waals surface area contributed by atoms with Gasteiger partial charge in [-0.25, -0.2) is 4.39 Å². The van der Waals surface area contributed by atoms with Gasteiger partial charge in [0.2, 0.25) is 5.13 Å². The van der Waals surface area contributed by atoms with Crippen molar-refractivity contribution in [3.8, 4) is 5.75 Å². The van der Waals surface area contributed by atoms with Crippen molar-refractivity contribution in [2.45, 2.75) is 26.8 Å². The van der Waals surface area contributed by atoms with E-state index in [1.165, 1.54) is 13.2 Å². The smallest absolute Gasteiger partial charge is 0.205 e. The SMILES string of the molecule is COc1ccc(CNc2nnc(CC(C)C)s2)cc1F. The van der Waals surface area contributed by atoms with E-state index in [1.54, 1.807) is 17.4 Å². The van der Waals surface area contributed by atoms with Gasteiger partial charge in [-0.1, -0.05) is 31.3 Å². The average molecular weight is 295 g/mol. The molecule has 1 aromatic heterocycles. The van der Waals surface area contributed by atoms with E-state index in [4.69, 9.17) is 4.74 Å². The maximum Gasteiger partial charge on any atom is 0.205 e. The van der Waals surface area contributed by atoms with Gasteiger partial charge in [-0.05, 0) is 23.6 Å². The molecule has 0 bridgehead atoms. The van der Waals surface area contributed by atoms with Gasteiger partial charge >= 0.3 is 0 Å². The molecular formula is C14H18FN3OS. The number of ether oxygens (including phenoxy) is 1. The first-order chi connectivity index (χ1) is 9.58. The molecule has 2 rings (SSSR count). The number of nitrogens with zero attached hydrogens (tertiary/aromatic N) is 2. The number of hydrogen-bond donors (Lipinski definition) is 1. The summed E-state index contributed by atoms with van der Waals surface area (Å²) in [5.41, 5.74) is 0.837. The topological polar surface area (TPSA) is 47.0 Å². The van der Waals surface area contributed by atoms with Gasteiger partial charge in [0, 0.05) is 13.0 Å². The predicted octanol–water partition coefficient (Wildman–Crippen LogP) is 3.50. The van der Waals surface area contributed by atoms with Crippen molar-refractivity contribution in [3.05, 3.63) is 34.6 Å². The fourth-order valence-electron chi connectivity index (χ4n) is 1.75. The molecule has 0 aliphatic rings. The molecule has 0 unspecified atom stereocenters. The second-order valence-corrected chi connectivity index (χ2v) is 5.98. The number of hydrogen-bond acceptors (Lipinski definition) is 5. The van der Waals surface area contributed by atoms with Crippen LogP contribution in [-0.2, 0) is 13.0 Å². The molecule has 0 saturated heterocycles. The van der Waals surface area contributed by atoms with Crippen LogP contribution in [0, 0.1) is 11.7 Å². The molecule has 0 aliphatic heterocycles.